The molecule has 29 heavy (non-hydrogen) atoms. The Morgan fingerprint density at radius 3 is 2.55 bits per heavy atom. The van der Waals surface area contributed by atoms with Gasteiger partial charge in [0.1, 0.15) is 11.4 Å². The maximum absolute atomic E-state index is 12.8. The lowest BCUT2D eigenvalue weighted by molar-refractivity contribution is -0.274. The van der Waals surface area contributed by atoms with Gasteiger partial charge in [0.15, 0.2) is 0 Å². The van der Waals surface area contributed by atoms with Gasteiger partial charge in [0, 0.05) is 36.4 Å². The molecule has 1 N–H and O–H groups in total. The van der Waals surface area contributed by atoms with Crippen LogP contribution in [0.1, 0.15) is 12.0 Å². The molecule has 0 fully saturated rings. The van der Waals surface area contributed by atoms with E-state index in [0.29, 0.717) is 6.42 Å². The molecule has 1 aromatic carbocycles. The minimum absolute atomic E-state index is 0.0832. The summed E-state index contributed by atoms with van der Waals surface area (Å²) >= 11 is 0. The molecule has 152 valence electrons. The van der Waals surface area contributed by atoms with Crippen molar-refractivity contribution in [2.45, 2.75) is 17.7 Å². The summed E-state index contributed by atoms with van der Waals surface area (Å²) in [7, 11) is -3.83. The van der Waals surface area contributed by atoms with Gasteiger partial charge in [0.2, 0.25) is 10.0 Å². The van der Waals surface area contributed by atoms with E-state index in [1.165, 1.54) is 4.31 Å². The van der Waals surface area contributed by atoms with Crippen LogP contribution in [-0.4, -0.2) is 42.1 Å². The fourth-order valence-corrected chi connectivity index (χ4v) is 4.68. The normalized spacial score (nSPS) is 16.0. The van der Waals surface area contributed by atoms with E-state index >= 15 is 0 Å². The molecule has 0 radical (unpaired) electrons. The fourth-order valence-electron chi connectivity index (χ4n) is 3.30. The second-order valence-electron chi connectivity index (χ2n) is 6.46. The number of ether oxygens (including phenoxy) is 1. The number of alkyl halides is 3. The Labute approximate surface area is 164 Å². The molecule has 1 aliphatic heterocycles. The molecule has 4 rings (SSSR count). The van der Waals surface area contributed by atoms with E-state index in [1.54, 1.807) is 6.20 Å². The van der Waals surface area contributed by atoms with Gasteiger partial charge in [-0.15, -0.1) is 13.2 Å². The first-order chi connectivity index (χ1) is 13.7. The molecule has 2 aromatic heterocycles. The largest absolute Gasteiger partial charge is 0.573 e. The number of pyridine rings is 1. The lowest BCUT2D eigenvalue weighted by atomic mass is 10.0. The summed E-state index contributed by atoms with van der Waals surface area (Å²) in [5, 5.41) is 0.968. The molecule has 0 saturated heterocycles. The summed E-state index contributed by atoms with van der Waals surface area (Å²) in [6, 6.07) is 7.99. The van der Waals surface area contributed by atoms with Crippen molar-refractivity contribution in [2.24, 2.45) is 0 Å². The summed E-state index contributed by atoms with van der Waals surface area (Å²) in [6.07, 6.45) is 1.07. The van der Waals surface area contributed by atoms with E-state index in [0.717, 1.165) is 46.4 Å². The summed E-state index contributed by atoms with van der Waals surface area (Å²) in [4.78, 5) is 7.27. The number of aromatic nitrogens is 2. The van der Waals surface area contributed by atoms with Gasteiger partial charge in [0.25, 0.3) is 0 Å². The first-order valence-corrected chi connectivity index (χ1v) is 10.2. The average Bonchev–Trinajstić information content (AvgIpc) is 3.11. The third-order valence-corrected chi connectivity index (χ3v) is 6.54. The summed E-state index contributed by atoms with van der Waals surface area (Å²) in [6.45, 7) is 0.438. The molecule has 0 atom stereocenters. The van der Waals surface area contributed by atoms with Crippen molar-refractivity contribution in [1.29, 1.82) is 0 Å². The zero-order valence-corrected chi connectivity index (χ0v) is 15.8. The van der Waals surface area contributed by atoms with Gasteiger partial charge in [-0.25, -0.2) is 13.4 Å². The Hall–Kier alpha value is -2.85. The topological polar surface area (TPSA) is 75.3 Å². The number of H-pyrrole nitrogens is 1. The molecule has 0 aliphatic carbocycles. The number of halogens is 3. The van der Waals surface area contributed by atoms with Crippen molar-refractivity contribution in [3.05, 3.63) is 60.4 Å². The maximum Gasteiger partial charge on any atom is 0.573 e. The highest BCUT2D eigenvalue weighted by Crippen LogP contribution is 2.31. The highest BCUT2D eigenvalue weighted by atomic mass is 32.2. The van der Waals surface area contributed by atoms with E-state index in [1.807, 2.05) is 24.4 Å². The van der Waals surface area contributed by atoms with E-state index < -0.39 is 22.1 Å². The third-order valence-electron chi connectivity index (χ3n) is 4.66. The minimum atomic E-state index is -4.83. The van der Waals surface area contributed by atoms with Crippen LogP contribution >= 0.6 is 0 Å². The number of hydrogen-bond donors (Lipinski definition) is 1. The molecule has 0 spiro atoms. The lowest BCUT2D eigenvalue weighted by Crippen LogP contribution is -2.34. The van der Waals surface area contributed by atoms with Gasteiger partial charge in [-0.3, -0.25) is 0 Å². The number of nitrogens with one attached hydrogen (secondary N) is 1. The highest BCUT2D eigenvalue weighted by Gasteiger charge is 2.32. The number of benzene rings is 1. The van der Waals surface area contributed by atoms with E-state index in [-0.39, 0.29) is 18.0 Å². The van der Waals surface area contributed by atoms with Crippen LogP contribution in [0.5, 0.6) is 5.75 Å². The van der Waals surface area contributed by atoms with Gasteiger partial charge < -0.3 is 9.72 Å². The Kier molecular flexibility index (Phi) is 4.83. The van der Waals surface area contributed by atoms with Gasteiger partial charge in [-0.2, -0.15) is 4.31 Å². The molecule has 1 aliphatic rings. The number of sulfonamides is 1. The number of rotatable bonds is 4. The number of hydrogen-bond acceptors (Lipinski definition) is 4. The van der Waals surface area contributed by atoms with Crippen molar-refractivity contribution < 1.29 is 26.3 Å². The van der Waals surface area contributed by atoms with Gasteiger partial charge >= 0.3 is 6.36 Å². The van der Waals surface area contributed by atoms with Crippen LogP contribution in [0.25, 0.3) is 16.6 Å². The van der Waals surface area contributed by atoms with Crippen LogP contribution in [0.4, 0.5) is 13.2 Å². The lowest BCUT2D eigenvalue weighted by Gasteiger charge is -2.26. The zero-order chi connectivity index (χ0) is 20.6. The first-order valence-electron chi connectivity index (χ1n) is 8.71. The van der Waals surface area contributed by atoms with Crippen LogP contribution < -0.4 is 4.74 Å². The third kappa shape index (κ3) is 3.99. The predicted octanol–water partition coefficient (Wildman–Crippen LogP) is 3.94. The van der Waals surface area contributed by atoms with Crippen molar-refractivity contribution >= 4 is 26.6 Å². The number of fused-ring (bicyclic) bond motifs is 1. The minimum Gasteiger partial charge on any atom is -0.406 e. The molecule has 0 bridgehead atoms. The summed E-state index contributed by atoms with van der Waals surface area (Å²) < 4.78 is 67.5. The average molecular weight is 423 g/mol. The second-order valence-corrected chi connectivity index (χ2v) is 8.40. The van der Waals surface area contributed by atoms with Crippen LogP contribution in [0, 0.1) is 0 Å². The molecule has 0 unspecified atom stereocenters. The summed E-state index contributed by atoms with van der Waals surface area (Å²) in [5.74, 6) is -0.467. The van der Waals surface area contributed by atoms with Crippen molar-refractivity contribution in [3.63, 3.8) is 0 Å². The van der Waals surface area contributed by atoms with Gasteiger partial charge in [0.05, 0.1) is 4.90 Å². The fraction of sp³-hybridized carbons (Fsp3) is 0.211. The quantitative estimate of drug-likeness (QED) is 0.690. The van der Waals surface area contributed by atoms with Crippen molar-refractivity contribution in [1.82, 2.24) is 14.3 Å². The summed E-state index contributed by atoms with van der Waals surface area (Å²) in [5.41, 5.74) is 2.77. The molecule has 10 heteroatoms. The second kappa shape index (κ2) is 7.20. The molecular formula is C19H16F3N3O3S. The Morgan fingerprint density at radius 1 is 1.14 bits per heavy atom. The first kappa shape index (κ1) is 19.5. The van der Waals surface area contributed by atoms with E-state index in [2.05, 4.69) is 14.7 Å². The van der Waals surface area contributed by atoms with Crippen molar-refractivity contribution in [3.8, 4) is 5.75 Å². The number of aromatic amines is 1. The Morgan fingerprint density at radius 2 is 1.90 bits per heavy atom. The standard InChI is InChI=1S/C19H16F3N3O3S/c20-19(21,22)28-14-3-5-15(6-4-14)29(26,27)25-10-7-13(8-11-25)17-12-24-18-16(17)2-1-9-23-18/h1-7,9,12H,8,10-11H2,(H,23,24). The van der Waals surface area contributed by atoms with Crippen molar-refractivity contribution in [2.75, 3.05) is 13.1 Å². The van der Waals surface area contributed by atoms with Crippen LogP contribution in [-0.2, 0) is 10.0 Å². The molecular weight excluding hydrogens is 407 g/mol. The van der Waals surface area contributed by atoms with Gasteiger partial charge in [-0.05, 0) is 48.4 Å². The number of nitrogens with zero attached hydrogens (tertiary/aromatic N) is 2. The van der Waals surface area contributed by atoms with E-state index in [9.17, 15) is 21.6 Å². The van der Waals surface area contributed by atoms with Gasteiger partial charge in [-0.1, -0.05) is 6.08 Å². The maximum atomic E-state index is 12.8. The SMILES string of the molecule is O=S(=O)(c1ccc(OC(F)(F)F)cc1)N1CC=C(c2c[nH]c3ncccc23)CC1. The van der Waals surface area contributed by atoms with Crippen LogP contribution in [0.15, 0.2) is 59.8 Å². The van der Waals surface area contributed by atoms with E-state index in [4.69, 9.17) is 0 Å². The molecule has 3 heterocycles. The molecule has 0 saturated carbocycles. The molecule has 0 amide bonds. The molecule has 6 nitrogen and oxygen atoms in total. The zero-order valence-electron chi connectivity index (χ0n) is 15.0. The highest BCUT2D eigenvalue weighted by molar-refractivity contribution is 7.89. The van der Waals surface area contributed by atoms with Crippen LogP contribution in [0.2, 0.25) is 0 Å². The Balaban J connectivity index is 1.52. The molecule has 3 aromatic rings. The van der Waals surface area contributed by atoms with Crippen LogP contribution in [0.3, 0.4) is 0 Å². The monoisotopic (exact) mass is 423 g/mol. The Bertz CT molecular complexity index is 1170. The predicted molar refractivity (Wildman–Crippen MR) is 101 cm³/mol. The smallest absolute Gasteiger partial charge is 0.406 e.